The van der Waals surface area contributed by atoms with E-state index in [1.54, 1.807) is 41.3 Å². The van der Waals surface area contributed by atoms with E-state index in [0.29, 0.717) is 10.5 Å². The second-order valence-corrected chi connectivity index (χ2v) is 6.53. The van der Waals surface area contributed by atoms with Crippen LogP contribution in [0.3, 0.4) is 0 Å². The van der Waals surface area contributed by atoms with Gasteiger partial charge < -0.3 is 0 Å². The number of rotatable bonds is 3. The molecule has 7 nitrogen and oxygen atoms in total. The summed E-state index contributed by atoms with van der Waals surface area (Å²) < 4.78 is 1.57. The van der Waals surface area contributed by atoms with Crippen molar-refractivity contribution in [3.63, 3.8) is 0 Å². The molecule has 0 radical (unpaired) electrons. The molecule has 0 spiro atoms. The number of fused-ring (bicyclic) bond motifs is 1. The van der Waals surface area contributed by atoms with Gasteiger partial charge in [-0.25, -0.2) is 9.66 Å². The highest BCUT2D eigenvalue weighted by Crippen LogP contribution is 2.25. The van der Waals surface area contributed by atoms with E-state index in [1.807, 2.05) is 24.3 Å². The molecule has 128 valence electrons. The minimum absolute atomic E-state index is 0.282. The summed E-state index contributed by atoms with van der Waals surface area (Å²) in [7, 11) is 0. The first-order chi connectivity index (χ1) is 12.6. The lowest BCUT2D eigenvalue weighted by molar-refractivity contribution is -0.115. The predicted octanol–water partition coefficient (Wildman–Crippen LogP) is 2.74. The Hall–Kier alpha value is -3.39. The zero-order valence-corrected chi connectivity index (χ0v) is 14.1. The summed E-state index contributed by atoms with van der Waals surface area (Å²) in [5, 5.41) is 1.82. The van der Waals surface area contributed by atoms with Gasteiger partial charge in [0, 0.05) is 5.56 Å². The number of imidazole rings is 1. The number of imide groups is 1. The molecule has 0 atom stereocenters. The number of hydrogen-bond acceptors (Lipinski definition) is 5. The lowest BCUT2D eigenvalue weighted by atomic mass is 10.1. The molecule has 0 bridgehead atoms. The number of amides is 3. The van der Waals surface area contributed by atoms with Gasteiger partial charge in [-0.15, -0.1) is 0 Å². The first-order valence-corrected chi connectivity index (χ1v) is 8.50. The van der Waals surface area contributed by atoms with Crippen LogP contribution < -0.4 is 10.7 Å². The van der Waals surface area contributed by atoms with Crippen LogP contribution in [0.15, 0.2) is 59.8 Å². The number of carbonyl (C=O) groups excluding carboxylic acids is 3. The number of carbonyl (C=O) groups is 3. The fourth-order valence-corrected chi connectivity index (χ4v) is 3.21. The topological polar surface area (TPSA) is 93.1 Å². The molecule has 1 aliphatic heterocycles. The summed E-state index contributed by atoms with van der Waals surface area (Å²) >= 11 is 0.855. The maximum Gasteiger partial charge on any atom is 0.290 e. The van der Waals surface area contributed by atoms with Gasteiger partial charge in [-0.05, 0) is 47.7 Å². The van der Waals surface area contributed by atoms with Crippen molar-refractivity contribution in [2.45, 2.75) is 0 Å². The van der Waals surface area contributed by atoms with Crippen molar-refractivity contribution in [2.24, 2.45) is 0 Å². The van der Waals surface area contributed by atoms with E-state index < -0.39 is 5.91 Å². The van der Waals surface area contributed by atoms with Gasteiger partial charge in [0.1, 0.15) is 6.33 Å². The molecule has 1 aromatic heterocycles. The van der Waals surface area contributed by atoms with Crippen LogP contribution in [0.1, 0.15) is 15.9 Å². The highest BCUT2D eigenvalue weighted by Gasteiger charge is 2.24. The molecule has 2 aromatic carbocycles. The molecular weight excluding hydrogens is 352 g/mol. The minimum atomic E-state index is -0.409. The molecule has 1 fully saturated rings. The Balaban J connectivity index is 1.51. The second-order valence-electron chi connectivity index (χ2n) is 5.52. The summed E-state index contributed by atoms with van der Waals surface area (Å²) in [5.74, 6) is -0.690. The Bertz CT molecular complexity index is 1070. The summed E-state index contributed by atoms with van der Waals surface area (Å²) in [4.78, 5) is 39.7. The number of benzene rings is 2. The van der Waals surface area contributed by atoms with Gasteiger partial charge in [0.2, 0.25) is 0 Å². The molecule has 3 aromatic rings. The van der Waals surface area contributed by atoms with Crippen LogP contribution in [0.25, 0.3) is 17.1 Å². The number of aromatic nitrogens is 2. The Morgan fingerprint density at radius 1 is 1.12 bits per heavy atom. The molecule has 3 amide bonds. The first kappa shape index (κ1) is 16.1. The van der Waals surface area contributed by atoms with Gasteiger partial charge in [0.25, 0.3) is 17.1 Å². The highest BCUT2D eigenvalue weighted by molar-refractivity contribution is 8.18. The third-order valence-electron chi connectivity index (χ3n) is 3.79. The molecule has 2 N–H and O–H groups in total. The quantitative estimate of drug-likeness (QED) is 0.697. The lowest BCUT2D eigenvalue weighted by Gasteiger charge is -2.07. The molecule has 8 heteroatoms. The third-order valence-corrected chi connectivity index (χ3v) is 4.60. The van der Waals surface area contributed by atoms with Gasteiger partial charge in [0.15, 0.2) is 0 Å². The normalized spacial score (nSPS) is 15.5. The first-order valence-electron chi connectivity index (χ1n) is 7.68. The third kappa shape index (κ3) is 3.09. The molecule has 4 rings (SSSR count). The lowest BCUT2D eigenvalue weighted by Crippen LogP contribution is -2.21. The van der Waals surface area contributed by atoms with E-state index in [-0.39, 0.29) is 11.1 Å². The summed E-state index contributed by atoms with van der Waals surface area (Å²) in [6.45, 7) is 0. The Morgan fingerprint density at radius 2 is 1.88 bits per heavy atom. The van der Waals surface area contributed by atoms with Crippen molar-refractivity contribution >= 4 is 45.9 Å². The molecular formula is C18H12N4O3S. The Labute approximate surface area is 152 Å². The van der Waals surface area contributed by atoms with Crippen LogP contribution in [-0.2, 0) is 4.79 Å². The highest BCUT2D eigenvalue weighted by atomic mass is 32.2. The largest absolute Gasteiger partial charge is 0.290 e. The zero-order chi connectivity index (χ0) is 18.1. The van der Waals surface area contributed by atoms with Crippen LogP contribution in [-0.4, -0.2) is 26.7 Å². The Morgan fingerprint density at radius 3 is 2.62 bits per heavy atom. The average molecular weight is 364 g/mol. The van der Waals surface area contributed by atoms with E-state index in [1.165, 1.54) is 0 Å². The summed E-state index contributed by atoms with van der Waals surface area (Å²) in [5.41, 5.74) is 5.55. The van der Waals surface area contributed by atoms with E-state index in [9.17, 15) is 14.4 Å². The van der Waals surface area contributed by atoms with Gasteiger partial charge in [-0.2, -0.15) is 0 Å². The summed E-state index contributed by atoms with van der Waals surface area (Å²) in [6, 6.07) is 14.2. The number of nitrogens with zero attached hydrogens (tertiary/aromatic N) is 2. The standard InChI is InChI=1S/C18H12N4O3S/c23-16(21-22-10-19-13-3-1-2-4-14(13)22)12-7-5-11(6-8-12)9-15-17(24)20-18(25)26-15/h1-10H,(H,21,23)(H,20,24,25)/b15-9+. The van der Waals surface area contributed by atoms with E-state index in [0.717, 1.165) is 28.4 Å². The van der Waals surface area contributed by atoms with Crippen LogP contribution in [0.4, 0.5) is 4.79 Å². The van der Waals surface area contributed by atoms with Gasteiger partial charge in [0.05, 0.1) is 15.9 Å². The monoisotopic (exact) mass is 364 g/mol. The average Bonchev–Trinajstić information content (AvgIpc) is 3.18. The van der Waals surface area contributed by atoms with Crippen molar-refractivity contribution in [3.8, 4) is 0 Å². The molecule has 2 heterocycles. The van der Waals surface area contributed by atoms with Gasteiger partial charge in [-0.3, -0.25) is 25.1 Å². The molecule has 26 heavy (non-hydrogen) atoms. The predicted molar refractivity (Wildman–Crippen MR) is 99.0 cm³/mol. The van der Waals surface area contributed by atoms with Crippen molar-refractivity contribution in [1.82, 2.24) is 15.0 Å². The minimum Gasteiger partial charge on any atom is -0.282 e. The van der Waals surface area contributed by atoms with Crippen LogP contribution in [0, 0.1) is 0 Å². The fraction of sp³-hybridized carbons (Fsp3) is 0. The number of hydrogen-bond donors (Lipinski definition) is 2. The van der Waals surface area contributed by atoms with E-state index in [2.05, 4.69) is 15.7 Å². The molecule has 0 unspecified atom stereocenters. The fourth-order valence-electron chi connectivity index (χ4n) is 2.53. The van der Waals surface area contributed by atoms with Crippen molar-refractivity contribution < 1.29 is 14.4 Å². The van der Waals surface area contributed by atoms with E-state index >= 15 is 0 Å². The second kappa shape index (κ2) is 6.49. The van der Waals surface area contributed by atoms with Crippen molar-refractivity contribution in [2.75, 3.05) is 5.43 Å². The van der Waals surface area contributed by atoms with Crippen LogP contribution in [0.5, 0.6) is 0 Å². The molecule has 0 aliphatic carbocycles. The molecule has 1 aliphatic rings. The maximum absolute atomic E-state index is 12.4. The zero-order valence-electron chi connectivity index (χ0n) is 13.3. The molecule has 0 saturated carbocycles. The molecule has 1 saturated heterocycles. The SMILES string of the molecule is O=C1NC(=O)/C(=C\c2ccc(C(=O)Nn3cnc4ccccc43)cc2)S1. The van der Waals surface area contributed by atoms with Crippen molar-refractivity contribution in [3.05, 3.63) is 70.9 Å². The van der Waals surface area contributed by atoms with Crippen molar-refractivity contribution in [1.29, 1.82) is 0 Å². The van der Waals surface area contributed by atoms with Crippen LogP contribution >= 0.6 is 11.8 Å². The van der Waals surface area contributed by atoms with Crippen LogP contribution in [0.2, 0.25) is 0 Å². The maximum atomic E-state index is 12.4. The van der Waals surface area contributed by atoms with Gasteiger partial charge in [-0.1, -0.05) is 24.3 Å². The van der Waals surface area contributed by atoms with Gasteiger partial charge >= 0.3 is 0 Å². The summed E-state index contributed by atoms with van der Waals surface area (Å²) in [6.07, 6.45) is 3.16. The Kier molecular flexibility index (Phi) is 4.02. The van der Waals surface area contributed by atoms with E-state index in [4.69, 9.17) is 0 Å². The number of thioether (sulfide) groups is 1. The smallest absolute Gasteiger partial charge is 0.282 e. The number of para-hydroxylation sites is 2. The number of nitrogens with one attached hydrogen (secondary N) is 2.